The highest BCUT2D eigenvalue weighted by Gasteiger charge is 2.39. The summed E-state index contributed by atoms with van der Waals surface area (Å²) >= 11 is 0. The average molecular weight is 276 g/mol. The maximum Gasteiger partial charge on any atom is 0.227 e. The topological polar surface area (TPSA) is 70.9 Å². The first-order valence-corrected chi connectivity index (χ1v) is 6.73. The van der Waals surface area contributed by atoms with Crippen LogP contribution >= 0.6 is 0 Å². The molecule has 2 rings (SSSR count). The molecule has 0 radical (unpaired) electrons. The number of nitrogens with zero attached hydrogens (tertiary/aromatic N) is 1. The van der Waals surface area contributed by atoms with Crippen molar-refractivity contribution < 1.29 is 14.7 Å². The molecular formula is C15H20N2O3. The molecule has 1 aromatic carbocycles. The molecule has 0 saturated heterocycles. The van der Waals surface area contributed by atoms with Crippen LogP contribution in [0.1, 0.15) is 38.2 Å². The molecule has 0 aliphatic heterocycles. The minimum absolute atomic E-state index is 0.0789. The van der Waals surface area contributed by atoms with Gasteiger partial charge in [0, 0.05) is 18.4 Å². The van der Waals surface area contributed by atoms with Gasteiger partial charge in [0.15, 0.2) is 0 Å². The molecule has 1 aliphatic rings. The van der Waals surface area contributed by atoms with Crippen LogP contribution in [0.5, 0.6) is 0 Å². The Morgan fingerprint density at radius 1 is 1.45 bits per heavy atom. The monoisotopic (exact) mass is 276 g/mol. The quantitative estimate of drug-likeness (QED) is 0.493. The van der Waals surface area contributed by atoms with Crippen molar-refractivity contribution in [3.05, 3.63) is 29.8 Å². The summed E-state index contributed by atoms with van der Waals surface area (Å²) in [6, 6.07) is 7.27. The van der Waals surface area contributed by atoms with Gasteiger partial charge in [-0.25, -0.2) is 0 Å². The van der Waals surface area contributed by atoms with E-state index in [0.717, 1.165) is 19.3 Å². The van der Waals surface area contributed by atoms with Crippen molar-refractivity contribution in [2.75, 3.05) is 12.4 Å². The van der Waals surface area contributed by atoms with Crippen molar-refractivity contribution in [3.63, 3.8) is 0 Å². The minimum atomic E-state index is -0.293. The summed E-state index contributed by atoms with van der Waals surface area (Å²) in [7, 11) is 1.66. The molecule has 1 saturated carbocycles. The van der Waals surface area contributed by atoms with E-state index in [2.05, 4.69) is 10.5 Å². The van der Waals surface area contributed by atoms with Crippen LogP contribution in [-0.2, 0) is 9.53 Å². The second kappa shape index (κ2) is 6.05. The summed E-state index contributed by atoms with van der Waals surface area (Å²) in [6.45, 7) is 1.69. The number of carbonyl (C=O) groups is 1. The van der Waals surface area contributed by atoms with Crippen LogP contribution in [0.4, 0.5) is 5.69 Å². The van der Waals surface area contributed by atoms with Gasteiger partial charge in [0.25, 0.3) is 0 Å². The predicted molar refractivity (Wildman–Crippen MR) is 77.3 cm³/mol. The van der Waals surface area contributed by atoms with Gasteiger partial charge in [0.2, 0.25) is 5.91 Å². The number of hydrogen-bond acceptors (Lipinski definition) is 4. The first-order chi connectivity index (χ1) is 9.60. The fourth-order valence-corrected chi connectivity index (χ4v) is 2.47. The molecule has 5 heteroatoms. The summed E-state index contributed by atoms with van der Waals surface area (Å²) in [5.74, 6) is -0.0789. The molecule has 2 N–H and O–H groups in total. The molecule has 108 valence electrons. The average Bonchev–Trinajstić information content (AvgIpc) is 2.42. The molecule has 0 bridgehead atoms. The van der Waals surface area contributed by atoms with Crippen LogP contribution in [0.25, 0.3) is 0 Å². The van der Waals surface area contributed by atoms with E-state index in [-0.39, 0.29) is 11.5 Å². The minimum Gasteiger partial charge on any atom is -0.411 e. The molecule has 1 aromatic rings. The largest absolute Gasteiger partial charge is 0.411 e. The van der Waals surface area contributed by atoms with Crippen LogP contribution in [0.15, 0.2) is 29.4 Å². The Kier molecular flexibility index (Phi) is 4.39. The Morgan fingerprint density at radius 3 is 2.70 bits per heavy atom. The van der Waals surface area contributed by atoms with Gasteiger partial charge in [-0.2, -0.15) is 0 Å². The number of ether oxygens (including phenoxy) is 1. The first-order valence-electron chi connectivity index (χ1n) is 6.73. The van der Waals surface area contributed by atoms with Crippen LogP contribution in [-0.4, -0.2) is 29.5 Å². The normalized spacial score (nSPS) is 17.4. The highest BCUT2D eigenvalue weighted by atomic mass is 16.5. The van der Waals surface area contributed by atoms with Gasteiger partial charge in [-0.15, -0.1) is 0 Å². The third-order valence-electron chi connectivity index (χ3n) is 3.92. The third-order valence-corrected chi connectivity index (χ3v) is 3.92. The SMILES string of the molecule is COC1(CC(=O)Nc2ccccc2/C(C)=N/O)CCC1. The second-order valence-electron chi connectivity index (χ2n) is 5.20. The number of methoxy groups -OCH3 is 1. The van der Waals surface area contributed by atoms with Crippen molar-refractivity contribution in [2.45, 2.75) is 38.2 Å². The van der Waals surface area contributed by atoms with E-state index in [9.17, 15) is 4.79 Å². The Labute approximate surface area is 118 Å². The molecule has 1 fully saturated rings. The fourth-order valence-electron chi connectivity index (χ4n) is 2.47. The Balaban J connectivity index is 2.08. The van der Waals surface area contributed by atoms with Crippen molar-refractivity contribution in [2.24, 2.45) is 5.16 Å². The van der Waals surface area contributed by atoms with E-state index in [0.29, 0.717) is 23.4 Å². The van der Waals surface area contributed by atoms with Crippen molar-refractivity contribution >= 4 is 17.3 Å². The van der Waals surface area contributed by atoms with E-state index >= 15 is 0 Å². The van der Waals surface area contributed by atoms with Gasteiger partial charge in [0.1, 0.15) is 0 Å². The number of benzene rings is 1. The fraction of sp³-hybridized carbons (Fsp3) is 0.467. The molecule has 1 aliphatic carbocycles. The van der Waals surface area contributed by atoms with E-state index in [1.807, 2.05) is 12.1 Å². The van der Waals surface area contributed by atoms with Crippen molar-refractivity contribution in [3.8, 4) is 0 Å². The van der Waals surface area contributed by atoms with Crippen molar-refractivity contribution in [1.82, 2.24) is 0 Å². The highest BCUT2D eigenvalue weighted by molar-refractivity contribution is 6.06. The lowest BCUT2D eigenvalue weighted by Crippen LogP contribution is -2.42. The van der Waals surface area contributed by atoms with E-state index < -0.39 is 0 Å². The maximum absolute atomic E-state index is 12.1. The van der Waals surface area contributed by atoms with Gasteiger partial charge in [-0.1, -0.05) is 23.4 Å². The van der Waals surface area contributed by atoms with Gasteiger partial charge in [-0.05, 0) is 32.3 Å². The zero-order valence-corrected chi connectivity index (χ0v) is 11.8. The van der Waals surface area contributed by atoms with Gasteiger partial charge in [-0.3, -0.25) is 4.79 Å². The number of hydrogen-bond donors (Lipinski definition) is 2. The van der Waals surface area contributed by atoms with Crippen molar-refractivity contribution in [1.29, 1.82) is 0 Å². The van der Waals surface area contributed by atoms with Crippen LogP contribution in [0.3, 0.4) is 0 Å². The van der Waals surface area contributed by atoms with E-state index in [1.54, 1.807) is 26.2 Å². The lowest BCUT2D eigenvalue weighted by Gasteiger charge is -2.39. The summed E-state index contributed by atoms with van der Waals surface area (Å²) in [5.41, 5.74) is 1.53. The molecule has 20 heavy (non-hydrogen) atoms. The number of anilines is 1. The molecule has 0 aromatic heterocycles. The maximum atomic E-state index is 12.1. The molecular weight excluding hydrogens is 256 g/mol. The zero-order valence-electron chi connectivity index (χ0n) is 11.8. The summed E-state index contributed by atoms with van der Waals surface area (Å²) < 4.78 is 5.46. The highest BCUT2D eigenvalue weighted by Crippen LogP contribution is 2.38. The van der Waals surface area contributed by atoms with E-state index in [4.69, 9.17) is 9.94 Å². The Hall–Kier alpha value is -1.88. The lowest BCUT2D eigenvalue weighted by molar-refractivity contribution is -0.129. The first kappa shape index (κ1) is 14.5. The number of oxime groups is 1. The molecule has 5 nitrogen and oxygen atoms in total. The number of carbonyl (C=O) groups excluding carboxylic acids is 1. The Bertz CT molecular complexity index is 516. The Morgan fingerprint density at radius 2 is 2.15 bits per heavy atom. The number of para-hydroxylation sites is 1. The molecule has 1 amide bonds. The molecule has 0 heterocycles. The van der Waals surface area contributed by atoms with E-state index in [1.165, 1.54) is 0 Å². The molecule has 0 atom stereocenters. The number of nitrogens with one attached hydrogen (secondary N) is 1. The second-order valence-corrected chi connectivity index (χ2v) is 5.20. The summed E-state index contributed by atoms with van der Waals surface area (Å²) in [5, 5.41) is 14.9. The predicted octanol–water partition coefficient (Wildman–Crippen LogP) is 2.78. The molecule has 0 spiro atoms. The lowest BCUT2D eigenvalue weighted by atomic mass is 9.77. The van der Waals surface area contributed by atoms with Gasteiger partial charge >= 0.3 is 0 Å². The number of amides is 1. The standard InChI is InChI=1S/C15H20N2O3/c1-11(17-19)12-6-3-4-7-13(12)16-14(18)10-15(20-2)8-5-9-15/h3-4,6-7,19H,5,8-10H2,1-2H3,(H,16,18)/b17-11+. The van der Waals surface area contributed by atoms with Gasteiger partial charge < -0.3 is 15.3 Å². The molecule has 0 unspecified atom stereocenters. The summed E-state index contributed by atoms with van der Waals surface area (Å²) in [6.07, 6.45) is 3.31. The smallest absolute Gasteiger partial charge is 0.227 e. The third kappa shape index (κ3) is 2.99. The summed E-state index contributed by atoms with van der Waals surface area (Å²) in [4.78, 5) is 12.1. The van der Waals surface area contributed by atoms with Crippen LogP contribution in [0, 0.1) is 0 Å². The van der Waals surface area contributed by atoms with Crippen LogP contribution in [0.2, 0.25) is 0 Å². The van der Waals surface area contributed by atoms with Crippen LogP contribution < -0.4 is 5.32 Å². The number of rotatable bonds is 5. The van der Waals surface area contributed by atoms with Gasteiger partial charge in [0.05, 0.1) is 17.7 Å². The zero-order chi connectivity index (χ0) is 14.6.